The quantitative estimate of drug-likeness (QED) is 0.840. The van der Waals surface area contributed by atoms with Crippen LogP contribution in [0.25, 0.3) is 0 Å². The number of ether oxygens (including phenoxy) is 1. The molecular formula is C10H10F3N3O2. The number of rotatable bonds is 3. The lowest BCUT2D eigenvalue weighted by Gasteiger charge is -2.20. The van der Waals surface area contributed by atoms with Gasteiger partial charge in [-0.25, -0.2) is 4.79 Å². The Morgan fingerprint density at radius 2 is 2.06 bits per heavy atom. The van der Waals surface area contributed by atoms with Gasteiger partial charge in [0.05, 0.1) is 7.11 Å². The first-order chi connectivity index (χ1) is 8.38. The summed E-state index contributed by atoms with van der Waals surface area (Å²) in [5, 5.41) is 9.32. The molecule has 0 aliphatic heterocycles. The molecule has 0 bridgehead atoms. The van der Waals surface area contributed by atoms with Gasteiger partial charge in [-0.2, -0.15) is 13.2 Å². The van der Waals surface area contributed by atoms with Crippen molar-refractivity contribution >= 4 is 11.8 Å². The molecular weight excluding hydrogens is 251 g/mol. The van der Waals surface area contributed by atoms with Crippen molar-refractivity contribution in [3.63, 3.8) is 0 Å². The Bertz CT molecular complexity index is 454. The highest BCUT2D eigenvalue weighted by atomic mass is 19.4. The van der Waals surface area contributed by atoms with E-state index in [0.717, 1.165) is 0 Å². The van der Waals surface area contributed by atoms with Gasteiger partial charge in [0.15, 0.2) is 5.69 Å². The zero-order valence-electron chi connectivity index (χ0n) is 9.41. The van der Waals surface area contributed by atoms with Gasteiger partial charge in [-0.05, 0) is 25.0 Å². The van der Waals surface area contributed by atoms with Crippen LogP contribution in [0.5, 0.6) is 0 Å². The van der Waals surface area contributed by atoms with E-state index in [0.29, 0.717) is 0 Å². The number of alkyl halides is 3. The second-order valence-corrected chi connectivity index (χ2v) is 4.00. The van der Waals surface area contributed by atoms with Gasteiger partial charge >= 0.3 is 12.1 Å². The highest BCUT2D eigenvalue weighted by Gasteiger charge is 2.63. The van der Waals surface area contributed by atoms with E-state index in [1.165, 1.54) is 19.2 Å². The zero-order chi connectivity index (χ0) is 13.4. The molecule has 1 aromatic heterocycles. The summed E-state index contributed by atoms with van der Waals surface area (Å²) in [6.07, 6.45) is -4.30. The molecule has 2 rings (SSSR count). The van der Waals surface area contributed by atoms with Gasteiger partial charge in [-0.15, -0.1) is 10.2 Å². The molecule has 1 N–H and O–H groups in total. The van der Waals surface area contributed by atoms with Gasteiger partial charge in [-0.3, -0.25) is 0 Å². The number of hydrogen-bond donors (Lipinski definition) is 1. The van der Waals surface area contributed by atoms with Crippen LogP contribution < -0.4 is 5.32 Å². The number of carbonyl (C=O) groups excluding carboxylic acids is 1. The second kappa shape index (κ2) is 4.11. The van der Waals surface area contributed by atoms with Crippen molar-refractivity contribution in [1.82, 2.24) is 10.2 Å². The number of nitrogens with one attached hydrogen (secondary N) is 1. The summed E-state index contributed by atoms with van der Waals surface area (Å²) < 4.78 is 42.4. The molecule has 1 heterocycles. The summed E-state index contributed by atoms with van der Waals surface area (Å²) in [5.74, 6) is -0.705. The Balaban J connectivity index is 2.10. The number of esters is 1. The van der Waals surface area contributed by atoms with Crippen molar-refractivity contribution in [2.24, 2.45) is 0 Å². The molecule has 1 aromatic rings. The molecule has 0 saturated heterocycles. The maximum Gasteiger partial charge on any atom is 0.411 e. The molecule has 0 atom stereocenters. The molecule has 18 heavy (non-hydrogen) atoms. The Morgan fingerprint density at radius 3 is 2.44 bits per heavy atom. The summed E-state index contributed by atoms with van der Waals surface area (Å²) in [7, 11) is 1.18. The van der Waals surface area contributed by atoms with Crippen LogP contribution in [0, 0.1) is 0 Å². The SMILES string of the molecule is COC(=O)c1ccc(NC2(C(F)(F)F)CC2)nn1. The average Bonchev–Trinajstić information content (AvgIpc) is 3.09. The molecule has 8 heteroatoms. The summed E-state index contributed by atoms with van der Waals surface area (Å²) >= 11 is 0. The summed E-state index contributed by atoms with van der Waals surface area (Å²) in [6.45, 7) is 0. The highest BCUT2D eigenvalue weighted by molar-refractivity contribution is 5.86. The highest BCUT2D eigenvalue weighted by Crippen LogP contribution is 2.50. The van der Waals surface area contributed by atoms with Gasteiger partial charge in [-0.1, -0.05) is 0 Å². The maximum atomic E-state index is 12.7. The van der Waals surface area contributed by atoms with Crippen molar-refractivity contribution in [3.05, 3.63) is 17.8 Å². The van der Waals surface area contributed by atoms with Crippen LogP contribution in [-0.2, 0) is 4.74 Å². The van der Waals surface area contributed by atoms with E-state index in [9.17, 15) is 18.0 Å². The van der Waals surface area contributed by atoms with E-state index in [-0.39, 0.29) is 24.4 Å². The van der Waals surface area contributed by atoms with Crippen LogP contribution in [0.4, 0.5) is 19.0 Å². The van der Waals surface area contributed by atoms with Crippen LogP contribution in [0.2, 0.25) is 0 Å². The summed E-state index contributed by atoms with van der Waals surface area (Å²) in [6, 6.07) is 2.53. The molecule has 0 spiro atoms. The largest absolute Gasteiger partial charge is 0.464 e. The summed E-state index contributed by atoms with van der Waals surface area (Å²) in [4.78, 5) is 11.1. The molecule has 1 aliphatic carbocycles. The van der Waals surface area contributed by atoms with Gasteiger partial charge in [0.25, 0.3) is 0 Å². The molecule has 0 unspecified atom stereocenters. The minimum Gasteiger partial charge on any atom is -0.464 e. The van der Waals surface area contributed by atoms with Gasteiger partial charge in [0.2, 0.25) is 0 Å². The normalized spacial score (nSPS) is 17.1. The minimum atomic E-state index is -4.32. The van der Waals surface area contributed by atoms with E-state index < -0.39 is 17.7 Å². The monoisotopic (exact) mass is 261 g/mol. The minimum absolute atomic E-state index is 0.0108. The van der Waals surface area contributed by atoms with Gasteiger partial charge in [0, 0.05) is 0 Å². The first-order valence-electron chi connectivity index (χ1n) is 5.15. The van der Waals surface area contributed by atoms with Gasteiger partial charge in [0.1, 0.15) is 11.4 Å². The lowest BCUT2D eigenvalue weighted by atomic mass is 10.2. The Labute approximate surface area is 100 Å². The molecule has 5 nitrogen and oxygen atoms in total. The number of methoxy groups -OCH3 is 1. The first-order valence-corrected chi connectivity index (χ1v) is 5.15. The predicted octanol–water partition coefficient (Wildman–Crippen LogP) is 1.77. The third kappa shape index (κ3) is 2.22. The third-order valence-electron chi connectivity index (χ3n) is 2.72. The Hall–Kier alpha value is -1.86. The Kier molecular flexibility index (Phi) is 2.88. The van der Waals surface area contributed by atoms with Crippen molar-refractivity contribution in [2.75, 3.05) is 12.4 Å². The number of aromatic nitrogens is 2. The Morgan fingerprint density at radius 1 is 1.39 bits per heavy atom. The van der Waals surface area contributed by atoms with Crippen molar-refractivity contribution in [3.8, 4) is 0 Å². The van der Waals surface area contributed by atoms with Crippen LogP contribution in [-0.4, -0.2) is 35.0 Å². The standard InChI is InChI=1S/C10H10F3N3O2/c1-18-8(17)6-2-3-7(16-15-6)14-9(4-5-9)10(11,12)13/h2-3H,4-5H2,1H3,(H,14,16). The van der Waals surface area contributed by atoms with E-state index >= 15 is 0 Å². The molecule has 0 amide bonds. The van der Waals surface area contributed by atoms with Crippen molar-refractivity contribution < 1.29 is 22.7 Å². The smallest absolute Gasteiger partial charge is 0.411 e. The number of hydrogen-bond acceptors (Lipinski definition) is 5. The van der Waals surface area contributed by atoms with Gasteiger partial charge < -0.3 is 10.1 Å². The fourth-order valence-electron chi connectivity index (χ4n) is 1.46. The van der Waals surface area contributed by atoms with Crippen molar-refractivity contribution in [2.45, 2.75) is 24.6 Å². The number of carbonyl (C=O) groups is 1. The zero-order valence-corrected chi connectivity index (χ0v) is 9.41. The number of halogens is 3. The number of anilines is 1. The lowest BCUT2D eigenvalue weighted by Crippen LogP contribution is -2.39. The first kappa shape index (κ1) is 12.6. The average molecular weight is 261 g/mol. The third-order valence-corrected chi connectivity index (χ3v) is 2.72. The fourth-order valence-corrected chi connectivity index (χ4v) is 1.46. The fraction of sp³-hybridized carbons (Fsp3) is 0.500. The molecule has 98 valence electrons. The van der Waals surface area contributed by atoms with Crippen LogP contribution in [0.3, 0.4) is 0 Å². The van der Waals surface area contributed by atoms with E-state index in [2.05, 4.69) is 20.3 Å². The van der Waals surface area contributed by atoms with Crippen LogP contribution >= 0.6 is 0 Å². The second-order valence-electron chi connectivity index (χ2n) is 4.00. The predicted molar refractivity (Wildman–Crippen MR) is 55.0 cm³/mol. The molecule has 0 radical (unpaired) electrons. The van der Waals surface area contributed by atoms with Crippen molar-refractivity contribution in [1.29, 1.82) is 0 Å². The van der Waals surface area contributed by atoms with E-state index in [1.54, 1.807) is 0 Å². The molecule has 1 aliphatic rings. The van der Waals surface area contributed by atoms with Crippen LogP contribution in [0.15, 0.2) is 12.1 Å². The van der Waals surface area contributed by atoms with E-state index in [4.69, 9.17) is 0 Å². The molecule has 1 saturated carbocycles. The topological polar surface area (TPSA) is 64.1 Å². The molecule has 0 aromatic carbocycles. The molecule has 1 fully saturated rings. The van der Waals surface area contributed by atoms with Crippen LogP contribution in [0.1, 0.15) is 23.3 Å². The number of nitrogens with zero attached hydrogens (tertiary/aromatic N) is 2. The maximum absolute atomic E-state index is 12.7. The summed E-state index contributed by atoms with van der Waals surface area (Å²) in [5.41, 5.74) is -1.95. The van der Waals surface area contributed by atoms with E-state index in [1.807, 2.05) is 0 Å². The lowest BCUT2D eigenvalue weighted by molar-refractivity contribution is -0.151.